The van der Waals surface area contributed by atoms with Gasteiger partial charge >= 0.3 is 0 Å². The van der Waals surface area contributed by atoms with E-state index in [1.54, 1.807) is 36.8 Å². The third-order valence-corrected chi connectivity index (χ3v) is 6.53. The van der Waals surface area contributed by atoms with Gasteiger partial charge in [0.05, 0.1) is 7.11 Å². The molecular formula is C12H12BrNO3S2. The lowest BCUT2D eigenvalue weighted by atomic mass is 10.2. The third-order valence-electron chi connectivity index (χ3n) is 2.48. The van der Waals surface area contributed by atoms with E-state index in [0.29, 0.717) is 10.2 Å². The monoisotopic (exact) mass is 361 g/mol. The summed E-state index contributed by atoms with van der Waals surface area (Å²) in [5.74, 6) is 0.722. The summed E-state index contributed by atoms with van der Waals surface area (Å²) in [6, 6.07) is 6.85. The van der Waals surface area contributed by atoms with Crippen molar-refractivity contribution in [2.45, 2.75) is 11.1 Å². The SMILES string of the molecule is COc1ccc(NS(=O)(=O)c2sccc2Br)cc1C. The summed E-state index contributed by atoms with van der Waals surface area (Å²) >= 11 is 4.39. The second-order valence-electron chi connectivity index (χ2n) is 3.85. The van der Waals surface area contributed by atoms with Gasteiger partial charge in [0.1, 0.15) is 5.75 Å². The predicted molar refractivity (Wildman–Crippen MR) is 80.6 cm³/mol. The first-order valence-electron chi connectivity index (χ1n) is 5.34. The molecule has 0 amide bonds. The summed E-state index contributed by atoms with van der Waals surface area (Å²) in [6.45, 7) is 1.86. The molecule has 0 atom stereocenters. The molecule has 0 spiro atoms. The molecule has 102 valence electrons. The molecule has 1 heterocycles. The van der Waals surface area contributed by atoms with Crippen LogP contribution in [0.4, 0.5) is 5.69 Å². The Morgan fingerprint density at radius 3 is 2.58 bits per heavy atom. The molecule has 4 nitrogen and oxygen atoms in total. The van der Waals surface area contributed by atoms with Crippen LogP contribution in [0.1, 0.15) is 5.56 Å². The predicted octanol–water partition coefficient (Wildman–Crippen LogP) is 3.63. The van der Waals surface area contributed by atoms with Crippen LogP contribution in [-0.2, 0) is 10.0 Å². The summed E-state index contributed by atoms with van der Waals surface area (Å²) in [5.41, 5.74) is 1.38. The molecule has 0 radical (unpaired) electrons. The minimum Gasteiger partial charge on any atom is -0.496 e. The lowest BCUT2D eigenvalue weighted by Crippen LogP contribution is -2.12. The van der Waals surface area contributed by atoms with Crippen molar-refractivity contribution in [3.63, 3.8) is 0 Å². The van der Waals surface area contributed by atoms with Crippen molar-refractivity contribution >= 4 is 43.0 Å². The topological polar surface area (TPSA) is 55.4 Å². The normalized spacial score (nSPS) is 11.3. The van der Waals surface area contributed by atoms with Crippen LogP contribution < -0.4 is 9.46 Å². The number of nitrogens with one attached hydrogen (secondary N) is 1. The van der Waals surface area contributed by atoms with E-state index in [1.807, 2.05) is 6.92 Å². The molecule has 0 saturated carbocycles. The van der Waals surface area contributed by atoms with Gasteiger partial charge in [-0.2, -0.15) is 0 Å². The Kier molecular flexibility index (Phi) is 4.17. The number of hydrogen-bond acceptors (Lipinski definition) is 4. The standard InChI is InChI=1S/C12H12BrNO3S2/c1-8-7-9(3-4-11(8)17-2)14-19(15,16)12-10(13)5-6-18-12/h3-7,14H,1-2H3. The van der Waals surface area contributed by atoms with Gasteiger partial charge in [0.25, 0.3) is 10.0 Å². The minimum absolute atomic E-state index is 0.265. The van der Waals surface area contributed by atoms with Gasteiger partial charge in [0.15, 0.2) is 4.21 Å². The number of thiophene rings is 1. The van der Waals surface area contributed by atoms with Crippen molar-refractivity contribution in [1.29, 1.82) is 0 Å². The number of hydrogen-bond donors (Lipinski definition) is 1. The third kappa shape index (κ3) is 3.10. The van der Waals surface area contributed by atoms with E-state index in [9.17, 15) is 8.42 Å². The number of aryl methyl sites for hydroxylation is 1. The molecule has 0 aliphatic rings. The van der Waals surface area contributed by atoms with Crippen LogP contribution in [0.5, 0.6) is 5.75 Å². The molecule has 1 aromatic heterocycles. The van der Waals surface area contributed by atoms with Crippen LogP contribution in [0.2, 0.25) is 0 Å². The lowest BCUT2D eigenvalue weighted by Gasteiger charge is -2.10. The Morgan fingerprint density at radius 2 is 2.05 bits per heavy atom. The Morgan fingerprint density at radius 1 is 1.32 bits per heavy atom. The van der Waals surface area contributed by atoms with Gasteiger partial charge in [-0.1, -0.05) is 0 Å². The number of benzene rings is 1. The number of rotatable bonds is 4. The highest BCUT2D eigenvalue weighted by molar-refractivity contribution is 9.10. The quantitative estimate of drug-likeness (QED) is 0.904. The van der Waals surface area contributed by atoms with Gasteiger partial charge in [-0.15, -0.1) is 11.3 Å². The molecule has 0 unspecified atom stereocenters. The fourth-order valence-corrected chi connectivity index (χ4v) is 5.00. The molecule has 1 aromatic carbocycles. The van der Waals surface area contributed by atoms with Crippen molar-refractivity contribution in [3.8, 4) is 5.75 Å². The second kappa shape index (κ2) is 5.52. The summed E-state index contributed by atoms with van der Waals surface area (Å²) in [7, 11) is -1.98. The van der Waals surface area contributed by atoms with Gasteiger partial charge in [-0.05, 0) is 58.1 Å². The summed E-state index contributed by atoms with van der Waals surface area (Å²) in [6.07, 6.45) is 0. The van der Waals surface area contributed by atoms with Crippen molar-refractivity contribution in [1.82, 2.24) is 0 Å². The highest BCUT2D eigenvalue weighted by Crippen LogP contribution is 2.30. The second-order valence-corrected chi connectivity index (χ2v) is 7.49. The van der Waals surface area contributed by atoms with Crippen LogP contribution in [0, 0.1) is 6.92 Å². The minimum atomic E-state index is -3.56. The molecule has 0 bridgehead atoms. The van der Waals surface area contributed by atoms with Crippen molar-refractivity contribution in [2.24, 2.45) is 0 Å². The van der Waals surface area contributed by atoms with E-state index in [4.69, 9.17) is 4.74 Å². The van der Waals surface area contributed by atoms with E-state index < -0.39 is 10.0 Å². The van der Waals surface area contributed by atoms with E-state index in [-0.39, 0.29) is 4.21 Å². The largest absolute Gasteiger partial charge is 0.496 e. The number of sulfonamides is 1. The van der Waals surface area contributed by atoms with Crippen LogP contribution in [0.25, 0.3) is 0 Å². The molecule has 19 heavy (non-hydrogen) atoms. The van der Waals surface area contributed by atoms with Gasteiger partial charge in [0.2, 0.25) is 0 Å². The van der Waals surface area contributed by atoms with Gasteiger partial charge in [0, 0.05) is 10.2 Å². The van der Waals surface area contributed by atoms with E-state index in [0.717, 1.165) is 11.3 Å². The average molecular weight is 362 g/mol. The average Bonchev–Trinajstić information content (AvgIpc) is 2.76. The van der Waals surface area contributed by atoms with Crippen molar-refractivity contribution < 1.29 is 13.2 Å². The zero-order valence-electron chi connectivity index (χ0n) is 10.3. The highest BCUT2D eigenvalue weighted by atomic mass is 79.9. The van der Waals surface area contributed by atoms with Crippen LogP contribution in [-0.4, -0.2) is 15.5 Å². The van der Waals surface area contributed by atoms with E-state index in [1.165, 1.54) is 11.3 Å². The molecule has 7 heteroatoms. The number of anilines is 1. The van der Waals surface area contributed by atoms with Crippen LogP contribution in [0.15, 0.2) is 38.3 Å². The van der Waals surface area contributed by atoms with Gasteiger partial charge < -0.3 is 4.74 Å². The van der Waals surface area contributed by atoms with E-state index >= 15 is 0 Å². The number of halogens is 1. The van der Waals surface area contributed by atoms with Crippen LogP contribution in [0.3, 0.4) is 0 Å². The fraction of sp³-hybridized carbons (Fsp3) is 0.167. The zero-order valence-corrected chi connectivity index (χ0v) is 13.5. The lowest BCUT2D eigenvalue weighted by molar-refractivity contribution is 0.412. The Bertz CT molecular complexity index is 695. The van der Waals surface area contributed by atoms with Crippen molar-refractivity contribution in [2.75, 3.05) is 11.8 Å². The number of methoxy groups -OCH3 is 1. The summed E-state index contributed by atoms with van der Waals surface area (Å²) < 4.78 is 32.9. The highest BCUT2D eigenvalue weighted by Gasteiger charge is 2.19. The Labute approximate surface area is 124 Å². The Balaban J connectivity index is 2.31. The maximum Gasteiger partial charge on any atom is 0.272 e. The molecule has 2 aromatic rings. The zero-order chi connectivity index (χ0) is 14.0. The summed E-state index contributed by atoms with van der Waals surface area (Å²) in [4.78, 5) is 0. The maximum absolute atomic E-state index is 12.2. The number of ether oxygens (including phenoxy) is 1. The first kappa shape index (κ1) is 14.4. The Hall–Kier alpha value is -1.05. The smallest absolute Gasteiger partial charge is 0.272 e. The van der Waals surface area contributed by atoms with Gasteiger partial charge in [-0.3, -0.25) is 4.72 Å². The molecule has 2 rings (SSSR count). The first-order valence-corrected chi connectivity index (χ1v) is 8.50. The first-order chi connectivity index (χ1) is 8.94. The van der Waals surface area contributed by atoms with Crippen molar-refractivity contribution in [3.05, 3.63) is 39.7 Å². The fourth-order valence-electron chi connectivity index (χ4n) is 1.62. The molecule has 0 aliphatic carbocycles. The van der Waals surface area contributed by atoms with Crippen LogP contribution >= 0.6 is 27.3 Å². The van der Waals surface area contributed by atoms with Gasteiger partial charge in [-0.25, -0.2) is 8.42 Å². The molecule has 0 fully saturated rings. The molecule has 0 aliphatic heterocycles. The maximum atomic E-state index is 12.2. The van der Waals surface area contributed by atoms with E-state index in [2.05, 4.69) is 20.7 Å². The summed E-state index contributed by atoms with van der Waals surface area (Å²) in [5, 5.41) is 1.72. The molecular weight excluding hydrogens is 350 g/mol. The molecule has 0 saturated heterocycles. The molecule has 1 N–H and O–H groups in total.